The molecule has 0 spiro atoms. The van der Waals surface area contributed by atoms with Crippen LogP contribution in [0, 0.1) is 12.8 Å². The third kappa shape index (κ3) is 5.25. The van der Waals surface area contributed by atoms with Gasteiger partial charge in [-0.2, -0.15) is 0 Å². The van der Waals surface area contributed by atoms with Crippen LogP contribution >= 0.6 is 0 Å². The van der Waals surface area contributed by atoms with Crippen molar-refractivity contribution < 1.29 is 28.5 Å². The Morgan fingerprint density at radius 2 is 1.38 bits per heavy atom. The Hall–Kier alpha value is -3.28. The number of benzene rings is 2. The molecule has 0 radical (unpaired) electrons. The predicted octanol–water partition coefficient (Wildman–Crippen LogP) is 6.53. The standard InChI is InChI=1S/C31H38O6/c1-7-20(36-26(32)9-3)16-34-30-24-12-11-18(5)15-25(24)31(35-17-21(8-2)37-27(33)10-4)29-23-14-13-22(19(23)6)28(29)30/h9-12,15,19-23H,3-4,7-8,13-14,16-17H2,1-2,5-6H3. The van der Waals surface area contributed by atoms with Gasteiger partial charge in [-0.3, -0.25) is 0 Å². The fourth-order valence-electron chi connectivity index (χ4n) is 5.85. The molecule has 6 heteroatoms. The molecule has 0 saturated heterocycles. The Kier molecular flexibility index (Phi) is 8.25. The van der Waals surface area contributed by atoms with Crippen LogP contribution in [0.3, 0.4) is 0 Å². The third-order valence-electron chi connectivity index (χ3n) is 7.88. The summed E-state index contributed by atoms with van der Waals surface area (Å²) in [4.78, 5) is 23.6. The van der Waals surface area contributed by atoms with Crippen LogP contribution in [-0.4, -0.2) is 37.4 Å². The molecule has 0 aromatic heterocycles. The first-order chi connectivity index (χ1) is 17.8. The predicted molar refractivity (Wildman–Crippen MR) is 144 cm³/mol. The number of ether oxygens (including phenoxy) is 4. The van der Waals surface area contributed by atoms with Crippen LogP contribution in [0.4, 0.5) is 0 Å². The van der Waals surface area contributed by atoms with Gasteiger partial charge in [-0.1, -0.05) is 51.6 Å². The molecule has 1 fully saturated rings. The summed E-state index contributed by atoms with van der Waals surface area (Å²) in [5, 5.41) is 1.98. The Labute approximate surface area is 219 Å². The van der Waals surface area contributed by atoms with E-state index in [-0.39, 0.29) is 25.4 Å². The molecule has 1 saturated carbocycles. The molecule has 2 aromatic carbocycles. The number of esters is 2. The van der Waals surface area contributed by atoms with Gasteiger partial charge in [0.2, 0.25) is 0 Å². The second kappa shape index (κ2) is 11.4. The summed E-state index contributed by atoms with van der Waals surface area (Å²) >= 11 is 0. The lowest BCUT2D eigenvalue weighted by atomic mass is 9.86. The van der Waals surface area contributed by atoms with Gasteiger partial charge in [0.1, 0.15) is 36.9 Å². The van der Waals surface area contributed by atoms with E-state index in [0.717, 1.165) is 40.7 Å². The van der Waals surface area contributed by atoms with E-state index >= 15 is 0 Å². The first-order valence-electron chi connectivity index (χ1n) is 13.3. The summed E-state index contributed by atoms with van der Waals surface area (Å²) in [5.41, 5.74) is 3.56. The maximum atomic E-state index is 11.8. The minimum absolute atomic E-state index is 0.271. The number of hydrogen-bond acceptors (Lipinski definition) is 6. The second-order valence-electron chi connectivity index (χ2n) is 10.1. The molecule has 37 heavy (non-hydrogen) atoms. The molecule has 0 N–H and O–H groups in total. The highest BCUT2D eigenvalue weighted by atomic mass is 16.6. The van der Waals surface area contributed by atoms with Crippen molar-refractivity contribution in [1.82, 2.24) is 0 Å². The normalized spacial score (nSPS) is 21.1. The zero-order valence-electron chi connectivity index (χ0n) is 22.4. The lowest BCUT2D eigenvalue weighted by molar-refractivity contribution is -0.145. The quantitative estimate of drug-likeness (QED) is 0.241. The molecule has 0 amide bonds. The molecular formula is C31H38O6. The Morgan fingerprint density at radius 1 is 0.892 bits per heavy atom. The number of aryl methyl sites for hydroxylation is 1. The molecule has 198 valence electrons. The fourth-order valence-corrected chi connectivity index (χ4v) is 5.85. The lowest BCUT2D eigenvalue weighted by Gasteiger charge is -2.27. The van der Waals surface area contributed by atoms with Crippen molar-refractivity contribution in [3.63, 3.8) is 0 Å². The van der Waals surface area contributed by atoms with Crippen LogP contribution in [0.1, 0.15) is 75.0 Å². The molecular weight excluding hydrogens is 468 g/mol. The molecule has 2 aromatic rings. The van der Waals surface area contributed by atoms with E-state index in [1.165, 1.54) is 23.3 Å². The SMILES string of the molecule is C=CC(=O)OC(CC)COc1c2c(c(OCC(CC)OC(=O)C=C)c3cc(C)ccc13)C1CCC2C1C. The molecule has 6 nitrogen and oxygen atoms in total. The summed E-state index contributed by atoms with van der Waals surface area (Å²) in [5.74, 6) is 2.12. The van der Waals surface area contributed by atoms with Crippen molar-refractivity contribution in [1.29, 1.82) is 0 Å². The topological polar surface area (TPSA) is 71.1 Å². The zero-order chi connectivity index (χ0) is 26.7. The van der Waals surface area contributed by atoms with Gasteiger partial charge in [-0.05, 0) is 56.4 Å². The van der Waals surface area contributed by atoms with E-state index in [2.05, 4.69) is 45.2 Å². The van der Waals surface area contributed by atoms with Gasteiger partial charge in [0.15, 0.2) is 0 Å². The molecule has 2 bridgehead atoms. The van der Waals surface area contributed by atoms with Gasteiger partial charge >= 0.3 is 11.9 Å². The minimum Gasteiger partial charge on any atom is -0.489 e. The first-order valence-corrected chi connectivity index (χ1v) is 13.3. The number of fused-ring (bicyclic) bond motifs is 6. The maximum Gasteiger partial charge on any atom is 0.330 e. The molecule has 5 unspecified atom stereocenters. The van der Waals surface area contributed by atoms with E-state index in [9.17, 15) is 9.59 Å². The largest absolute Gasteiger partial charge is 0.489 e. The number of rotatable bonds is 12. The van der Waals surface area contributed by atoms with E-state index in [0.29, 0.717) is 30.6 Å². The molecule has 5 atom stereocenters. The second-order valence-corrected chi connectivity index (χ2v) is 10.1. The van der Waals surface area contributed by atoms with Crippen molar-refractivity contribution in [2.45, 2.75) is 77.4 Å². The summed E-state index contributed by atoms with van der Waals surface area (Å²) in [6, 6.07) is 6.31. The van der Waals surface area contributed by atoms with Crippen molar-refractivity contribution in [3.8, 4) is 11.5 Å². The Morgan fingerprint density at radius 3 is 1.84 bits per heavy atom. The molecule has 0 aliphatic heterocycles. The van der Waals surface area contributed by atoms with Crippen LogP contribution in [0.15, 0.2) is 43.5 Å². The Balaban J connectivity index is 1.77. The molecule has 2 aliphatic carbocycles. The number of hydrogen-bond donors (Lipinski definition) is 0. The Bertz CT molecular complexity index is 1200. The van der Waals surface area contributed by atoms with Crippen molar-refractivity contribution in [2.75, 3.05) is 13.2 Å². The van der Waals surface area contributed by atoms with Gasteiger partial charge in [0, 0.05) is 34.1 Å². The van der Waals surface area contributed by atoms with Crippen LogP contribution in [-0.2, 0) is 19.1 Å². The summed E-state index contributed by atoms with van der Waals surface area (Å²) in [7, 11) is 0. The van der Waals surface area contributed by atoms with Crippen LogP contribution in [0.5, 0.6) is 11.5 Å². The highest BCUT2D eigenvalue weighted by molar-refractivity contribution is 5.97. The van der Waals surface area contributed by atoms with E-state index in [1.54, 1.807) is 0 Å². The highest BCUT2D eigenvalue weighted by Crippen LogP contribution is 2.63. The van der Waals surface area contributed by atoms with Gasteiger partial charge < -0.3 is 18.9 Å². The van der Waals surface area contributed by atoms with Crippen LogP contribution < -0.4 is 9.47 Å². The number of carbonyl (C=O) groups excluding carboxylic acids is 2. The van der Waals surface area contributed by atoms with Gasteiger partial charge in [0.25, 0.3) is 0 Å². The zero-order valence-corrected chi connectivity index (χ0v) is 22.4. The van der Waals surface area contributed by atoms with Crippen molar-refractivity contribution in [3.05, 3.63) is 60.2 Å². The van der Waals surface area contributed by atoms with Crippen LogP contribution in [0.2, 0.25) is 0 Å². The summed E-state index contributed by atoms with van der Waals surface area (Å²) in [6.45, 7) is 15.9. The summed E-state index contributed by atoms with van der Waals surface area (Å²) in [6.07, 6.45) is 5.15. The average Bonchev–Trinajstić information content (AvgIpc) is 3.40. The average molecular weight is 507 g/mol. The molecule has 0 heterocycles. The highest BCUT2D eigenvalue weighted by Gasteiger charge is 2.48. The van der Waals surface area contributed by atoms with Gasteiger partial charge in [-0.25, -0.2) is 9.59 Å². The summed E-state index contributed by atoms with van der Waals surface area (Å²) < 4.78 is 24.0. The smallest absolute Gasteiger partial charge is 0.330 e. The van der Waals surface area contributed by atoms with Crippen molar-refractivity contribution in [2.24, 2.45) is 5.92 Å². The van der Waals surface area contributed by atoms with E-state index in [1.807, 2.05) is 13.8 Å². The van der Waals surface area contributed by atoms with E-state index < -0.39 is 11.9 Å². The molecule has 4 rings (SSSR count). The first kappa shape index (κ1) is 26.8. The van der Waals surface area contributed by atoms with Gasteiger partial charge in [-0.15, -0.1) is 0 Å². The molecule has 2 aliphatic rings. The maximum absolute atomic E-state index is 11.8. The minimum atomic E-state index is -0.444. The lowest BCUT2D eigenvalue weighted by Crippen LogP contribution is -2.25. The fraction of sp³-hybridized carbons (Fsp3) is 0.484. The van der Waals surface area contributed by atoms with Crippen LogP contribution in [0.25, 0.3) is 10.8 Å². The van der Waals surface area contributed by atoms with Crippen molar-refractivity contribution >= 4 is 22.7 Å². The van der Waals surface area contributed by atoms with Gasteiger partial charge in [0.05, 0.1) is 0 Å². The number of carbonyl (C=O) groups is 2. The monoisotopic (exact) mass is 506 g/mol. The van der Waals surface area contributed by atoms with E-state index in [4.69, 9.17) is 18.9 Å². The third-order valence-corrected chi connectivity index (χ3v) is 7.88.